The van der Waals surface area contributed by atoms with Crippen molar-refractivity contribution in [1.82, 2.24) is 9.62 Å². The molecule has 0 aromatic heterocycles. The van der Waals surface area contributed by atoms with Crippen molar-refractivity contribution in [2.75, 3.05) is 13.1 Å². The first-order valence-electron chi connectivity index (χ1n) is 7.33. The SMILES string of the molecule is CC(C)(C)OC(=O)N1CC[C@H](NS(=O)(=O)c2ccccc2Br)C1. The smallest absolute Gasteiger partial charge is 0.410 e. The van der Waals surface area contributed by atoms with Gasteiger partial charge in [-0.2, -0.15) is 0 Å². The first-order chi connectivity index (χ1) is 10.6. The molecule has 0 bridgehead atoms. The van der Waals surface area contributed by atoms with Gasteiger partial charge in [0.05, 0.1) is 4.90 Å². The van der Waals surface area contributed by atoms with E-state index in [2.05, 4.69) is 20.7 Å². The minimum Gasteiger partial charge on any atom is -0.444 e. The molecule has 0 radical (unpaired) electrons. The van der Waals surface area contributed by atoms with Gasteiger partial charge in [-0.25, -0.2) is 17.9 Å². The quantitative estimate of drug-likeness (QED) is 0.839. The number of rotatable bonds is 3. The van der Waals surface area contributed by atoms with E-state index in [0.29, 0.717) is 24.0 Å². The highest BCUT2D eigenvalue weighted by atomic mass is 79.9. The topological polar surface area (TPSA) is 75.7 Å². The molecule has 8 heteroatoms. The van der Waals surface area contributed by atoms with Gasteiger partial charge in [0.1, 0.15) is 5.60 Å². The highest BCUT2D eigenvalue weighted by Gasteiger charge is 2.32. The van der Waals surface area contributed by atoms with E-state index in [4.69, 9.17) is 4.74 Å². The highest BCUT2D eigenvalue weighted by molar-refractivity contribution is 9.10. The predicted molar refractivity (Wildman–Crippen MR) is 90.7 cm³/mol. The highest BCUT2D eigenvalue weighted by Crippen LogP contribution is 2.22. The third kappa shape index (κ3) is 4.92. The van der Waals surface area contributed by atoms with Crippen LogP contribution in [0.3, 0.4) is 0 Å². The molecular weight excluding hydrogens is 384 g/mol. The van der Waals surface area contributed by atoms with Gasteiger partial charge in [-0.15, -0.1) is 0 Å². The number of nitrogens with zero attached hydrogens (tertiary/aromatic N) is 1. The number of sulfonamides is 1. The zero-order chi connectivity index (χ0) is 17.3. The van der Waals surface area contributed by atoms with Gasteiger partial charge >= 0.3 is 6.09 Å². The number of nitrogens with one attached hydrogen (secondary N) is 1. The molecule has 1 atom stereocenters. The summed E-state index contributed by atoms with van der Waals surface area (Å²) in [5.41, 5.74) is -0.566. The number of carbonyl (C=O) groups is 1. The lowest BCUT2D eigenvalue weighted by atomic mass is 10.2. The Hall–Kier alpha value is -1.12. The maximum atomic E-state index is 12.4. The standard InChI is InChI=1S/C15H21BrN2O4S/c1-15(2,3)22-14(19)18-9-8-11(10-18)17-23(20,21)13-7-5-4-6-12(13)16/h4-7,11,17H,8-10H2,1-3H3/t11-/m0/s1. The van der Waals surface area contributed by atoms with Crippen LogP contribution in [0.2, 0.25) is 0 Å². The Morgan fingerprint density at radius 1 is 1.35 bits per heavy atom. The normalized spacial score (nSPS) is 19.0. The van der Waals surface area contributed by atoms with Crippen molar-refractivity contribution in [3.05, 3.63) is 28.7 Å². The van der Waals surface area contributed by atoms with Gasteiger partial charge in [0, 0.05) is 23.6 Å². The van der Waals surface area contributed by atoms with Crippen molar-refractivity contribution >= 4 is 32.0 Å². The van der Waals surface area contributed by atoms with E-state index in [1.165, 1.54) is 11.0 Å². The fourth-order valence-corrected chi connectivity index (χ4v) is 4.56. The Morgan fingerprint density at radius 3 is 2.61 bits per heavy atom. The fourth-order valence-electron chi connectivity index (χ4n) is 2.29. The van der Waals surface area contributed by atoms with Crippen LogP contribution in [0, 0.1) is 0 Å². The second kappa shape index (κ2) is 6.78. The number of halogens is 1. The fraction of sp³-hybridized carbons (Fsp3) is 0.533. The lowest BCUT2D eigenvalue weighted by Gasteiger charge is -2.24. The minimum atomic E-state index is -3.63. The molecule has 23 heavy (non-hydrogen) atoms. The molecule has 1 amide bonds. The summed E-state index contributed by atoms with van der Waals surface area (Å²) >= 11 is 3.25. The Kier molecular flexibility index (Phi) is 5.37. The van der Waals surface area contributed by atoms with Crippen LogP contribution >= 0.6 is 15.9 Å². The number of benzene rings is 1. The summed E-state index contributed by atoms with van der Waals surface area (Å²) in [5, 5.41) is 0. The molecule has 0 saturated carbocycles. The molecule has 6 nitrogen and oxygen atoms in total. The molecule has 1 saturated heterocycles. The molecule has 1 aromatic rings. The van der Waals surface area contributed by atoms with E-state index in [1.807, 2.05) is 0 Å². The van der Waals surface area contributed by atoms with Crippen LogP contribution in [-0.2, 0) is 14.8 Å². The number of hydrogen-bond donors (Lipinski definition) is 1. The number of ether oxygens (including phenoxy) is 1. The first-order valence-corrected chi connectivity index (χ1v) is 9.61. The van der Waals surface area contributed by atoms with Crippen LogP contribution in [0.1, 0.15) is 27.2 Å². The molecule has 128 valence electrons. The number of amides is 1. The van der Waals surface area contributed by atoms with Gasteiger partial charge in [-0.1, -0.05) is 12.1 Å². The second-order valence-electron chi connectivity index (χ2n) is 6.46. The van der Waals surface area contributed by atoms with Gasteiger partial charge in [-0.3, -0.25) is 0 Å². The molecule has 1 aliphatic rings. The van der Waals surface area contributed by atoms with E-state index in [0.717, 1.165) is 0 Å². The summed E-state index contributed by atoms with van der Waals surface area (Å²) in [4.78, 5) is 13.7. The summed E-state index contributed by atoms with van der Waals surface area (Å²) in [6, 6.07) is 6.31. The van der Waals surface area contributed by atoms with Gasteiger partial charge in [-0.05, 0) is 55.3 Å². The van der Waals surface area contributed by atoms with Crippen molar-refractivity contribution in [1.29, 1.82) is 0 Å². The van der Waals surface area contributed by atoms with Crippen LogP contribution in [0.4, 0.5) is 4.79 Å². The summed E-state index contributed by atoms with van der Waals surface area (Å²) in [7, 11) is -3.63. The second-order valence-corrected chi connectivity index (χ2v) is 9.00. The number of likely N-dealkylation sites (tertiary alicyclic amines) is 1. The molecule has 1 N–H and O–H groups in total. The lowest BCUT2D eigenvalue weighted by Crippen LogP contribution is -2.40. The molecule has 2 rings (SSSR count). The monoisotopic (exact) mass is 404 g/mol. The van der Waals surface area contributed by atoms with E-state index < -0.39 is 21.7 Å². The average Bonchev–Trinajstić information content (AvgIpc) is 2.85. The Labute approximate surface area is 145 Å². The van der Waals surface area contributed by atoms with Crippen LogP contribution in [0.5, 0.6) is 0 Å². The minimum absolute atomic E-state index is 0.190. The van der Waals surface area contributed by atoms with Crippen molar-refractivity contribution in [2.45, 2.75) is 43.7 Å². The summed E-state index contributed by atoms with van der Waals surface area (Å²) in [5.74, 6) is 0. The summed E-state index contributed by atoms with van der Waals surface area (Å²) in [6.07, 6.45) is 0.142. The van der Waals surface area contributed by atoms with Gasteiger partial charge < -0.3 is 9.64 Å². The van der Waals surface area contributed by atoms with E-state index in [9.17, 15) is 13.2 Å². The largest absolute Gasteiger partial charge is 0.444 e. The molecular formula is C15H21BrN2O4S. The molecule has 1 aliphatic heterocycles. The van der Waals surface area contributed by atoms with Crippen LogP contribution < -0.4 is 4.72 Å². The van der Waals surface area contributed by atoms with Crippen LogP contribution in [0.25, 0.3) is 0 Å². The Morgan fingerprint density at radius 2 is 2.00 bits per heavy atom. The summed E-state index contributed by atoms with van der Waals surface area (Å²) in [6.45, 7) is 6.17. The van der Waals surface area contributed by atoms with Crippen LogP contribution in [0.15, 0.2) is 33.6 Å². The molecule has 0 spiro atoms. The van der Waals surface area contributed by atoms with Crippen molar-refractivity contribution in [3.8, 4) is 0 Å². The van der Waals surface area contributed by atoms with E-state index in [1.54, 1.807) is 39.0 Å². The Bertz CT molecular complexity index is 685. The molecule has 0 aliphatic carbocycles. The number of hydrogen-bond acceptors (Lipinski definition) is 4. The maximum absolute atomic E-state index is 12.4. The first kappa shape index (κ1) is 18.2. The van der Waals surface area contributed by atoms with E-state index in [-0.39, 0.29) is 10.9 Å². The van der Waals surface area contributed by atoms with Crippen molar-refractivity contribution in [3.63, 3.8) is 0 Å². The van der Waals surface area contributed by atoms with Crippen molar-refractivity contribution in [2.24, 2.45) is 0 Å². The van der Waals surface area contributed by atoms with Crippen molar-refractivity contribution < 1.29 is 17.9 Å². The molecule has 0 unspecified atom stereocenters. The predicted octanol–water partition coefficient (Wildman–Crippen LogP) is 2.74. The maximum Gasteiger partial charge on any atom is 0.410 e. The molecule has 1 aromatic carbocycles. The summed E-state index contributed by atoms with van der Waals surface area (Å²) < 4.78 is 33.3. The number of carbonyl (C=O) groups excluding carboxylic acids is 1. The van der Waals surface area contributed by atoms with Crippen LogP contribution in [-0.4, -0.2) is 44.1 Å². The van der Waals surface area contributed by atoms with E-state index >= 15 is 0 Å². The average molecular weight is 405 g/mol. The van der Waals surface area contributed by atoms with Gasteiger partial charge in [0.15, 0.2) is 0 Å². The van der Waals surface area contributed by atoms with Gasteiger partial charge in [0.25, 0.3) is 0 Å². The Balaban J connectivity index is 2.01. The zero-order valence-corrected chi connectivity index (χ0v) is 15.8. The zero-order valence-electron chi connectivity index (χ0n) is 13.4. The van der Waals surface area contributed by atoms with Gasteiger partial charge in [0.2, 0.25) is 10.0 Å². The third-order valence-electron chi connectivity index (χ3n) is 3.29. The molecule has 1 heterocycles. The third-order valence-corrected chi connectivity index (χ3v) is 5.82. The molecule has 1 fully saturated rings. The lowest BCUT2D eigenvalue weighted by molar-refractivity contribution is 0.0292.